The molecule has 7 heteroatoms. The van der Waals surface area contributed by atoms with Crippen molar-refractivity contribution in [3.05, 3.63) is 47.8 Å². The van der Waals surface area contributed by atoms with E-state index in [1.807, 2.05) is 25.1 Å². The highest BCUT2D eigenvalue weighted by Gasteiger charge is 2.09. The standard InChI is InChI=1S/C20H25NO6/c1-15-13-17(27-12-11-26-10-9-25-8-7-24-2)3-4-18(15)16-5-6-21-19(14-16)20(22)23/h3-6,13-14H,7-12H2,1-2H3,(H,22,23). The first-order valence-corrected chi connectivity index (χ1v) is 8.69. The molecule has 0 amide bonds. The van der Waals surface area contributed by atoms with Crippen LogP contribution >= 0.6 is 0 Å². The van der Waals surface area contributed by atoms with E-state index in [9.17, 15) is 4.79 Å². The Morgan fingerprint density at radius 3 is 2.37 bits per heavy atom. The van der Waals surface area contributed by atoms with Crippen LogP contribution in [0.3, 0.4) is 0 Å². The molecule has 2 aromatic rings. The van der Waals surface area contributed by atoms with Gasteiger partial charge in [-0.05, 0) is 47.9 Å². The van der Waals surface area contributed by atoms with E-state index in [1.165, 1.54) is 6.20 Å². The average Bonchev–Trinajstić information content (AvgIpc) is 2.67. The average molecular weight is 375 g/mol. The molecule has 1 aromatic heterocycles. The molecule has 0 radical (unpaired) electrons. The number of hydrogen-bond donors (Lipinski definition) is 1. The second-order valence-electron chi connectivity index (χ2n) is 5.78. The van der Waals surface area contributed by atoms with Crippen LogP contribution in [0.15, 0.2) is 36.5 Å². The van der Waals surface area contributed by atoms with E-state index in [4.69, 9.17) is 24.1 Å². The first-order chi connectivity index (χ1) is 13.1. The molecule has 0 bridgehead atoms. The second kappa shape index (κ2) is 11.3. The van der Waals surface area contributed by atoms with Gasteiger partial charge in [-0.2, -0.15) is 0 Å². The molecule has 7 nitrogen and oxygen atoms in total. The number of benzene rings is 1. The molecule has 2 rings (SSSR count). The van der Waals surface area contributed by atoms with Crippen LogP contribution in [-0.2, 0) is 14.2 Å². The maximum absolute atomic E-state index is 11.1. The second-order valence-corrected chi connectivity index (χ2v) is 5.78. The van der Waals surface area contributed by atoms with E-state index in [1.54, 1.807) is 19.2 Å². The van der Waals surface area contributed by atoms with Crippen LogP contribution in [0.4, 0.5) is 0 Å². The molecule has 0 spiro atoms. The number of carboxylic acids is 1. The van der Waals surface area contributed by atoms with Gasteiger partial charge in [0.05, 0.1) is 33.0 Å². The van der Waals surface area contributed by atoms with Crippen molar-refractivity contribution in [2.24, 2.45) is 0 Å². The smallest absolute Gasteiger partial charge is 0.354 e. The Kier molecular flexibility index (Phi) is 8.70. The third kappa shape index (κ3) is 6.97. The number of aromatic nitrogens is 1. The third-order valence-electron chi connectivity index (χ3n) is 3.79. The minimum Gasteiger partial charge on any atom is -0.491 e. The summed E-state index contributed by atoms with van der Waals surface area (Å²) in [4.78, 5) is 14.9. The van der Waals surface area contributed by atoms with Gasteiger partial charge in [0.25, 0.3) is 0 Å². The fraction of sp³-hybridized carbons (Fsp3) is 0.400. The van der Waals surface area contributed by atoms with Gasteiger partial charge in [-0.3, -0.25) is 0 Å². The van der Waals surface area contributed by atoms with Crippen LogP contribution in [0.1, 0.15) is 16.1 Å². The predicted molar refractivity (Wildman–Crippen MR) is 100 cm³/mol. The van der Waals surface area contributed by atoms with Gasteiger partial charge in [0.1, 0.15) is 18.1 Å². The Hall–Kier alpha value is -2.48. The van der Waals surface area contributed by atoms with Gasteiger partial charge in [0.15, 0.2) is 0 Å². The minimum absolute atomic E-state index is 0.0237. The maximum Gasteiger partial charge on any atom is 0.354 e. The van der Waals surface area contributed by atoms with Crippen molar-refractivity contribution in [1.82, 2.24) is 4.98 Å². The highest BCUT2D eigenvalue weighted by molar-refractivity contribution is 5.87. The highest BCUT2D eigenvalue weighted by Crippen LogP contribution is 2.27. The van der Waals surface area contributed by atoms with Gasteiger partial charge in [-0.25, -0.2) is 9.78 Å². The molecule has 0 atom stereocenters. The van der Waals surface area contributed by atoms with Crippen molar-refractivity contribution in [2.45, 2.75) is 6.92 Å². The number of rotatable bonds is 12. The zero-order valence-electron chi connectivity index (χ0n) is 15.6. The van der Waals surface area contributed by atoms with Crippen molar-refractivity contribution in [1.29, 1.82) is 0 Å². The molecule has 0 aliphatic rings. The van der Waals surface area contributed by atoms with Gasteiger partial charge in [0, 0.05) is 13.3 Å². The lowest BCUT2D eigenvalue weighted by Gasteiger charge is -2.11. The van der Waals surface area contributed by atoms with Crippen LogP contribution in [-0.4, -0.2) is 62.8 Å². The number of carboxylic acid groups (broad SMARTS) is 1. The maximum atomic E-state index is 11.1. The molecular formula is C20H25NO6. The zero-order valence-corrected chi connectivity index (χ0v) is 15.6. The van der Waals surface area contributed by atoms with Crippen LogP contribution in [0, 0.1) is 6.92 Å². The van der Waals surface area contributed by atoms with Crippen molar-refractivity contribution >= 4 is 5.97 Å². The summed E-state index contributed by atoms with van der Waals surface area (Å²) in [5.74, 6) is -0.303. The van der Waals surface area contributed by atoms with E-state index in [0.29, 0.717) is 39.6 Å². The van der Waals surface area contributed by atoms with Crippen LogP contribution in [0.25, 0.3) is 11.1 Å². The molecule has 0 saturated heterocycles. The van der Waals surface area contributed by atoms with Crippen molar-refractivity contribution in [3.63, 3.8) is 0 Å². The largest absolute Gasteiger partial charge is 0.491 e. The Morgan fingerprint density at radius 2 is 1.70 bits per heavy atom. The van der Waals surface area contributed by atoms with Crippen molar-refractivity contribution in [2.75, 3.05) is 46.8 Å². The Bertz CT molecular complexity index is 734. The lowest BCUT2D eigenvalue weighted by Crippen LogP contribution is -2.12. The van der Waals surface area contributed by atoms with Gasteiger partial charge in [0.2, 0.25) is 0 Å². The molecule has 0 aliphatic carbocycles. The molecule has 1 aromatic carbocycles. The Morgan fingerprint density at radius 1 is 1.00 bits per heavy atom. The minimum atomic E-state index is -1.04. The lowest BCUT2D eigenvalue weighted by atomic mass is 10.0. The van der Waals surface area contributed by atoms with E-state index < -0.39 is 5.97 Å². The van der Waals surface area contributed by atoms with Gasteiger partial charge in [-0.15, -0.1) is 0 Å². The predicted octanol–water partition coefficient (Wildman–Crippen LogP) is 2.81. The number of nitrogens with zero attached hydrogens (tertiary/aromatic N) is 1. The fourth-order valence-corrected chi connectivity index (χ4v) is 2.45. The fourth-order valence-electron chi connectivity index (χ4n) is 2.45. The third-order valence-corrected chi connectivity index (χ3v) is 3.79. The first kappa shape index (κ1) is 20.8. The number of ether oxygens (including phenoxy) is 4. The molecule has 1 N–H and O–H groups in total. The summed E-state index contributed by atoms with van der Waals surface area (Å²) in [5, 5.41) is 9.07. The molecule has 27 heavy (non-hydrogen) atoms. The van der Waals surface area contributed by atoms with Gasteiger partial charge < -0.3 is 24.1 Å². The first-order valence-electron chi connectivity index (χ1n) is 8.69. The quantitative estimate of drug-likeness (QED) is 0.571. The molecule has 1 heterocycles. The molecule has 0 unspecified atom stereocenters. The summed E-state index contributed by atoms with van der Waals surface area (Å²) in [5.41, 5.74) is 2.76. The summed E-state index contributed by atoms with van der Waals surface area (Å²) in [6, 6.07) is 9.04. The number of methoxy groups -OCH3 is 1. The highest BCUT2D eigenvalue weighted by atomic mass is 16.6. The molecule has 0 aliphatic heterocycles. The lowest BCUT2D eigenvalue weighted by molar-refractivity contribution is 0.0180. The van der Waals surface area contributed by atoms with Crippen molar-refractivity contribution in [3.8, 4) is 16.9 Å². The summed E-state index contributed by atoms with van der Waals surface area (Å²) >= 11 is 0. The topological polar surface area (TPSA) is 87.1 Å². The molecule has 0 saturated carbocycles. The summed E-state index contributed by atoms with van der Waals surface area (Å²) in [6.07, 6.45) is 1.50. The number of aryl methyl sites for hydroxylation is 1. The van der Waals surface area contributed by atoms with Crippen molar-refractivity contribution < 1.29 is 28.8 Å². The number of hydrogen-bond acceptors (Lipinski definition) is 6. The summed E-state index contributed by atoms with van der Waals surface area (Å²) in [7, 11) is 1.63. The van der Waals surface area contributed by atoms with Crippen LogP contribution in [0.5, 0.6) is 5.75 Å². The van der Waals surface area contributed by atoms with E-state index in [0.717, 1.165) is 22.4 Å². The molecule has 0 fully saturated rings. The normalized spacial score (nSPS) is 10.7. The van der Waals surface area contributed by atoms with E-state index >= 15 is 0 Å². The van der Waals surface area contributed by atoms with E-state index in [-0.39, 0.29) is 5.69 Å². The number of carbonyl (C=O) groups is 1. The SMILES string of the molecule is COCCOCCOCCOc1ccc(-c2ccnc(C(=O)O)c2)c(C)c1. The summed E-state index contributed by atoms with van der Waals surface area (Å²) in [6.45, 7) is 5.05. The van der Waals surface area contributed by atoms with Crippen LogP contribution in [0.2, 0.25) is 0 Å². The molecular weight excluding hydrogens is 350 g/mol. The number of pyridine rings is 1. The molecule has 146 valence electrons. The van der Waals surface area contributed by atoms with Crippen LogP contribution < -0.4 is 4.74 Å². The van der Waals surface area contributed by atoms with Gasteiger partial charge in [-0.1, -0.05) is 6.07 Å². The zero-order chi connectivity index (χ0) is 19.5. The Labute approximate surface area is 158 Å². The van der Waals surface area contributed by atoms with E-state index in [2.05, 4.69) is 4.98 Å². The number of aromatic carboxylic acids is 1. The van der Waals surface area contributed by atoms with Gasteiger partial charge >= 0.3 is 5.97 Å². The Balaban J connectivity index is 1.79. The monoisotopic (exact) mass is 375 g/mol. The summed E-state index contributed by atoms with van der Waals surface area (Å²) < 4.78 is 21.3.